The van der Waals surface area contributed by atoms with E-state index in [0.717, 1.165) is 31.9 Å². The van der Waals surface area contributed by atoms with Gasteiger partial charge in [-0.2, -0.15) is 4.31 Å². The molecule has 8 nitrogen and oxygen atoms in total. The summed E-state index contributed by atoms with van der Waals surface area (Å²) in [5, 5.41) is 3.41. The fourth-order valence-corrected chi connectivity index (χ4v) is 5.72. The first-order chi connectivity index (χ1) is 15.5. The van der Waals surface area contributed by atoms with Gasteiger partial charge in [0.25, 0.3) is 0 Å². The van der Waals surface area contributed by atoms with Crippen LogP contribution in [0.25, 0.3) is 0 Å². The van der Waals surface area contributed by atoms with Gasteiger partial charge < -0.3 is 15.0 Å². The zero-order valence-corrected chi connectivity index (χ0v) is 19.7. The predicted octanol–water partition coefficient (Wildman–Crippen LogP) is 2.28. The number of rotatable bonds is 8. The van der Waals surface area contributed by atoms with E-state index in [4.69, 9.17) is 4.74 Å². The van der Waals surface area contributed by atoms with Gasteiger partial charge >= 0.3 is 0 Å². The molecule has 2 aromatic rings. The molecule has 32 heavy (non-hydrogen) atoms. The molecule has 0 bridgehead atoms. The molecule has 1 N–H and O–H groups in total. The number of benzene rings is 1. The minimum atomic E-state index is -3.50. The topological polar surface area (TPSA) is 78.0 Å². The Morgan fingerprint density at radius 2 is 1.69 bits per heavy atom. The highest BCUT2D eigenvalue weighted by atomic mass is 32.2. The van der Waals surface area contributed by atoms with Crippen molar-refractivity contribution in [1.82, 2.24) is 19.1 Å². The number of methoxy groups -OCH3 is 1. The van der Waals surface area contributed by atoms with Crippen LogP contribution in [0, 0.1) is 0 Å². The van der Waals surface area contributed by atoms with Crippen LogP contribution in [-0.4, -0.2) is 87.5 Å². The van der Waals surface area contributed by atoms with Crippen molar-refractivity contribution in [3.8, 4) is 5.75 Å². The number of pyridine rings is 1. The Labute approximate surface area is 191 Å². The highest BCUT2D eigenvalue weighted by Gasteiger charge is 2.28. The van der Waals surface area contributed by atoms with Crippen molar-refractivity contribution in [3.63, 3.8) is 0 Å². The first kappa shape index (κ1) is 23.0. The normalized spacial score (nSPS) is 19.7. The van der Waals surface area contributed by atoms with Gasteiger partial charge in [-0.25, -0.2) is 13.4 Å². The number of anilines is 1. The fourth-order valence-electron chi connectivity index (χ4n) is 4.35. The molecule has 2 fully saturated rings. The molecule has 0 radical (unpaired) electrons. The minimum absolute atomic E-state index is 0.221. The standard InChI is InChI=1S/C23H33N5O3S/c1-26-13-15-28(16-14-26)32(29,30)21-9-10-23(24-17-21)25-18-22(27-11-3-4-12-27)19-5-7-20(31-2)8-6-19/h5-10,17,22H,3-4,11-16,18H2,1-2H3,(H,24,25). The zero-order chi connectivity index (χ0) is 22.6. The fraction of sp³-hybridized carbons (Fsp3) is 0.522. The molecule has 174 valence electrons. The highest BCUT2D eigenvalue weighted by Crippen LogP contribution is 2.27. The molecular weight excluding hydrogens is 426 g/mol. The largest absolute Gasteiger partial charge is 0.497 e. The van der Waals surface area contributed by atoms with E-state index in [0.29, 0.717) is 25.5 Å². The predicted molar refractivity (Wildman–Crippen MR) is 126 cm³/mol. The summed E-state index contributed by atoms with van der Waals surface area (Å²) in [7, 11) is 0.182. The van der Waals surface area contributed by atoms with E-state index >= 15 is 0 Å². The lowest BCUT2D eigenvalue weighted by atomic mass is 10.1. The molecule has 0 saturated carbocycles. The molecule has 3 heterocycles. The summed E-state index contributed by atoms with van der Waals surface area (Å²) < 4.78 is 32.7. The molecule has 1 aromatic heterocycles. The lowest BCUT2D eigenvalue weighted by Crippen LogP contribution is -2.47. The summed E-state index contributed by atoms with van der Waals surface area (Å²) >= 11 is 0. The van der Waals surface area contributed by atoms with Crippen LogP contribution in [0.3, 0.4) is 0 Å². The molecule has 0 amide bonds. The Bertz CT molecular complexity index is 968. The van der Waals surface area contributed by atoms with Crippen molar-refractivity contribution in [2.45, 2.75) is 23.8 Å². The number of hydrogen-bond donors (Lipinski definition) is 1. The maximum atomic E-state index is 12.9. The molecule has 4 rings (SSSR count). The van der Waals surface area contributed by atoms with Crippen LogP contribution in [0.15, 0.2) is 47.5 Å². The van der Waals surface area contributed by atoms with Crippen LogP contribution in [0.4, 0.5) is 5.82 Å². The number of aromatic nitrogens is 1. The highest BCUT2D eigenvalue weighted by molar-refractivity contribution is 7.89. The summed E-state index contributed by atoms with van der Waals surface area (Å²) in [4.78, 5) is 9.28. The summed E-state index contributed by atoms with van der Waals surface area (Å²) in [5.74, 6) is 1.53. The first-order valence-electron chi connectivity index (χ1n) is 11.2. The van der Waals surface area contributed by atoms with Gasteiger partial charge in [0.15, 0.2) is 0 Å². The third-order valence-corrected chi connectivity index (χ3v) is 8.28. The average Bonchev–Trinajstić information content (AvgIpc) is 3.35. The number of nitrogens with zero attached hydrogens (tertiary/aromatic N) is 4. The van der Waals surface area contributed by atoms with Gasteiger partial charge in [0.2, 0.25) is 10.0 Å². The third-order valence-electron chi connectivity index (χ3n) is 6.39. The number of hydrogen-bond acceptors (Lipinski definition) is 7. The van der Waals surface area contributed by atoms with Crippen molar-refractivity contribution in [2.75, 3.05) is 65.3 Å². The molecule has 1 atom stereocenters. The SMILES string of the molecule is COc1ccc(C(CNc2ccc(S(=O)(=O)N3CCN(C)CC3)cn2)N2CCCC2)cc1. The first-order valence-corrected chi connectivity index (χ1v) is 12.7. The number of piperazine rings is 1. The van der Waals surface area contributed by atoms with Gasteiger partial charge in [-0.15, -0.1) is 0 Å². The van der Waals surface area contributed by atoms with Crippen LogP contribution in [0.2, 0.25) is 0 Å². The van der Waals surface area contributed by atoms with E-state index in [1.165, 1.54) is 24.6 Å². The molecule has 0 aliphatic carbocycles. The van der Waals surface area contributed by atoms with E-state index in [9.17, 15) is 8.42 Å². The Hall–Kier alpha value is -2.20. The van der Waals surface area contributed by atoms with Crippen LogP contribution in [0.5, 0.6) is 5.75 Å². The van der Waals surface area contributed by atoms with E-state index in [1.54, 1.807) is 23.5 Å². The summed E-state index contributed by atoms with van der Waals surface area (Å²) in [6, 6.07) is 11.9. The summed E-state index contributed by atoms with van der Waals surface area (Å²) in [5.41, 5.74) is 1.23. The van der Waals surface area contributed by atoms with Gasteiger partial charge in [0.05, 0.1) is 13.2 Å². The summed E-state index contributed by atoms with van der Waals surface area (Å²) in [6.07, 6.45) is 3.89. The maximum absolute atomic E-state index is 12.9. The van der Waals surface area contributed by atoms with Crippen molar-refractivity contribution in [3.05, 3.63) is 48.2 Å². The Morgan fingerprint density at radius 3 is 2.28 bits per heavy atom. The Balaban J connectivity index is 1.43. The second kappa shape index (κ2) is 10.2. The van der Waals surface area contributed by atoms with E-state index < -0.39 is 10.0 Å². The molecule has 1 aromatic carbocycles. The Morgan fingerprint density at radius 1 is 1.00 bits per heavy atom. The van der Waals surface area contributed by atoms with Gasteiger partial charge in [-0.3, -0.25) is 4.90 Å². The Kier molecular flexibility index (Phi) is 7.30. The number of sulfonamides is 1. The number of likely N-dealkylation sites (tertiary alicyclic amines) is 1. The van der Waals surface area contributed by atoms with Gasteiger partial charge in [0, 0.05) is 38.9 Å². The minimum Gasteiger partial charge on any atom is -0.497 e. The summed E-state index contributed by atoms with van der Waals surface area (Å²) in [6.45, 7) is 5.37. The molecule has 2 aliphatic heterocycles. The molecule has 1 unspecified atom stereocenters. The monoisotopic (exact) mass is 459 g/mol. The number of likely N-dealkylation sites (N-methyl/N-ethyl adjacent to an activating group) is 1. The number of ether oxygens (including phenoxy) is 1. The van der Waals surface area contributed by atoms with E-state index in [2.05, 4.69) is 32.2 Å². The molecule has 2 saturated heterocycles. The molecule has 0 spiro atoms. The van der Waals surface area contributed by atoms with Gasteiger partial charge in [-0.1, -0.05) is 12.1 Å². The number of nitrogens with one attached hydrogen (secondary N) is 1. The maximum Gasteiger partial charge on any atom is 0.244 e. The van der Waals surface area contributed by atoms with E-state index in [1.807, 2.05) is 19.2 Å². The van der Waals surface area contributed by atoms with Crippen LogP contribution in [-0.2, 0) is 10.0 Å². The smallest absolute Gasteiger partial charge is 0.244 e. The lowest BCUT2D eigenvalue weighted by Gasteiger charge is -2.31. The third kappa shape index (κ3) is 5.23. The lowest BCUT2D eigenvalue weighted by molar-refractivity contribution is 0.222. The van der Waals surface area contributed by atoms with Crippen molar-refractivity contribution >= 4 is 15.8 Å². The average molecular weight is 460 g/mol. The quantitative estimate of drug-likeness (QED) is 0.649. The second-order valence-electron chi connectivity index (χ2n) is 8.50. The molecule has 2 aliphatic rings. The second-order valence-corrected chi connectivity index (χ2v) is 10.4. The van der Waals surface area contributed by atoms with Crippen molar-refractivity contribution in [2.24, 2.45) is 0 Å². The molecule has 9 heteroatoms. The van der Waals surface area contributed by atoms with Crippen LogP contribution >= 0.6 is 0 Å². The van der Waals surface area contributed by atoms with Crippen molar-refractivity contribution < 1.29 is 13.2 Å². The van der Waals surface area contributed by atoms with Gasteiger partial charge in [0.1, 0.15) is 16.5 Å². The van der Waals surface area contributed by atoms with Crippen LogP contribution < -0.4 is 10.1 Å². The van der Waals surface area contributed by atoms with E-state index in [-0.39, 0.29) is 10.9 Å². The van der Waals surface area contributed by atoms with Crippen molar-refractivity contribution in [1.29, 1.82) is 0 Å². The molecular formula is C23H33N5O3S. The zero-order valence-electron chi connectivity index (χ0n) is 18.9. The van der Waals surface area contributed by atoms with Gasteiger partial charge in [-0.05, 0) is 62.8 Å². The van der Waals surface area contributed by atoms with Crippen LogP contribution in [0.1, 0.15) is 24.4 Å².